The molecule has 2 aliphatic rings. The zero-order valence-corrected chi connectivity index (χ0v) is 21.2. The molecule has 2 aliphatic heterocycles. The SMILES string of the molecule is Cc1cc(N2CCN(CC(=O)c3cc(C)n(C4CCS(=O)(=O)C4)c3C)CC2)nc(C(C)C)n1. The molecule has 1 unspecified atom stereocenters. The number of aryl methyl sites for hydroxylation is 2. The Morgan fingerprint density at radius 3 is 2.39 bits per heavy atom. The number of sulfone groups is 1. The van der Waals surface area contributed by atoms with Crippen molar-refractivity contribution < 1.29 is 13.2 Å². The summed E-state index contributed by atoms with van der Waals surface area (Å²) in [6.07, 6.45) is 0.620. The lowest BCUT2D eigenvalue weighted by Crippen LogP contribution is -2.48. The molecule has 2 fully saturated rings. The van der Waals surface area contributed by atoms with Crippen LogP contribution in [-0.4, -0.2) is 77.9 Å². The third-order valence-electron chi connectivity index (χ3n) is 6.80. The number of ketones is 1. The van der Waals surface area contributed by atoms with Crippen LogP contribution in [0.25, 0.3) is 0 Å². The Morgan fingerprint density at radius 1 is 1.09 bits per heavy atom. The summed E-state index contributed by atoms with van der Waals surface area (Å²) in [5.41, 5.74) is 3.54. The molecule has 0 aromatic carbocycles. The Hall–Kier alpha value is -2.26. The molecular formula is C24H35N5O3S. The van der Waals surface area contributed by atoms with E-state index in [0.717, 1.165) is 54.9 Å². The highest BCUT2D eigenvalue weighted by Crippen LogP contribution is 2.29. The van der Waals surface area contributed by atoms with Crippen LogP contribution in [0.1, 0.15) is 65.5 Å². The Morgan fingerprint density at radius 2 is 1.79 bits per heavy atom. The van der Waals surface area contributed by atoms with Gasteiger partial charge in [0.1, 0.15) is 11.6 Å². The third-order valence-corrected chi connectivity index (χ3v) is 8.55. The highest BCUT2D eigenvalue weighted by atomic mass is 32.2. The summed E-state index contributed by atoms with van der Waals surface area (Å²) in [6, 6.07) is 3.90. The minimum absolute atomic E-state index is 0.0628. The minimum atomic E-state index is -2.98. The second-order valence-corrected chi connectivity index (χ2v) is 12.0. The maximum Gasteiger partial charge on any atom is 0.178 e. The van der Waals surface area contributed by atoms with Crippen LogP contribution in [0, 0.1) is 20.8 Å². The van der Waals surface area contributed by atoms with Crippen LogP contribution in [0.3, 0.4) is 0 Å². The summed E-state index contributed by atoms with van der Waals surface area (Å²) in [7, 11) is -2.98. The summed E-state index contributed by atoms with van der Waals surface area (Å²) in [6.45, 7) is 13.7. The molecule has 2 aromatic rings. The Balaban J connectivity index is 1.40. The van der Waals surface area contributed by atoms with Crippen LogP contribution < -0.4 is 4.90 Å². The summed E-state index contributed by atoms with van der Waals surface area (Å²) >= 11 is 0. The van der Waals surface area contributed by atoms with Gasteiger partial charge in [0.05, 0.1) is 18.1 Å². The lowest BCUT2D eigenvalue weighted by atomic mass is 10.1. The van der Waals surface area contributed by atoms with Crippen molar-refractivity contribution in [2.45, 2.75) is 53.0 Å². The molecule has 0 spiro atoms. The van der Waals surface area contributed by atoms with Crippen molar-refractivity contribution in [2.24, 2.45) is 0 Å². The van der Waals surface area contributed by atoms with Crippen LogP contribution >= 0.6 is 0 Å². The van der Waals surface area contributed by atoms with Crippen molar-refractivity contribution in [1.29, 1.82) is 0 Å². The van der Waals surface area contributed by atoms with Gasteiger partial charge in [-0.2, -0.15) is 0 Å². The second-order valence-electron chi connectivity index (χ2n) is 9.78. The van der Waals surface area contributed by atoms with Gasteiger partial charge in [-0.15, -0.1) is 0 Å². The van der Waals surface area contributed by atoms with Gasteiger partial charge in [-0.05, 0) is 33.3 Å². The predicted octanol–water partition coefficient (Wildman–Crippen LogP) is 2.69. The van der Waals surface area contributed by atoms with Gasteiger partial charge in [-0.1, -0.05) is 13.8 Å². The molecule has 2 saturated heterocycles. The smallest absolute Gasteiger partial charge is 0.178 e. The maximum absolute atomic E-state index is 13.1. The molecule has 4 heterocycles. The van der Waals surface area contributed by atoms with E-state index < -0.39 is 9.84 Å². The van der Waals surface area contributed by atoms with E-state index in [9.17, 15) is 13.2 Å². The summed E-state index contributed by atoms with van der Waals surface area (Å²) in [5, 5.41) is 0. The third kappa shape index (κ3) is 5.14. The fraction of sp³-hybridized carbons (Fsp3) is 0.625. The summed E-state index contributed by atoms with van der Waals surface area (Å²) in [4.78, 5) is 26.9. The first kappa shape index (κ1) is 23.9. The molecule has 4 rings (SSSR count). The first-order valence-corrected chi connectivity index (χ1v) is 13.6. The molecule has 0 amide bonds. The molecule has 0 N–H and O–H groups in total. The van der Waals surface area contributed by atoms with Gasteiger partial charge in [0.25, 0.3) is 0 Å². The Kier molecular flexibility index (Phi) is 6.64. The van der Waals surface area contributed by atoms with Crippen molar-refractivity contribution >= 4 is 21.4 Å². The lowest BCUT2D eigenvalue weighted by Gasteiger charge is -2.35. The molecule has 8 nitrogen and oxygen atoms in total. The van der Waals surface area contributed by atoms with Gasteiger partial charge < -0.3 is 9.47 Å². The molecule has 0 radical (unpaired) electrons. The molecule has 9 heteroatoms. The van der Waals surface area contributed by atoms with E-state index in [4.69, 9.17) is 4.98 Å². The van der Waals surface area contributed by atoms with Crippen molar-refractivity contribution in [3.05, 3.63) is 40.6 Å². The van der Waals surface area contributed by atoms with E-state index in [1.807, 2.05) is 32.9 Å². The molecule has 0 bridgehead atoms. The topological polar surface area (TPSA) is 88.4 Å². The van der Waals surface area contributed by atoms with Gasteiger partial charge in [0.2, 0.25) is 0 Å². The number of carbonyl (C=O) groups excluding carboxylic acids is 1. The van der Waals surface area contributed by atoms with Crippen molar-refractivity contribution in [3.63, 3.8) is 0 Å². The zero-order valence-electron chi connectivity index (χ0n) is 20.3. The lowest BCUT2D eigenvalue weighted by molar-refractivity contribution is 0.0925. The van der Waals surface area contributed by atoms with Crippen LogP contribution in [-0.2, 0) is 9.84 Å². The number of piperazine rings is 1. The number of nitrogens with zero attached hydrogens (tertiary/aromatic N) is 5. The van der Waals surface area contributed by atoms with Crippen molar-refractivity contribution in [1.82, 2.24) is 19.4 Å². The maximum atomic E-state index is 13.1. The van der Waals surface area contributed by atoms with Gasteiger partial charge in [0, 0.05) is 66.9 Å². The standard InChI is InChI=1S/C24H35N5O3S/c1-16(2)24-25-17(3)12-23(26-24)28-9-7-27(8-10-28)14-22(30)21-13-18(4)29(19(21)5)20-6-11-33(31,32)15-20/h12-13,16,20H,6-11,14-15H2,1-5H3. The molecule has 2 aromatic heterocycles. The first-order chi connectivity index (χ1) is 15.5. The van der Waals surface area contributed by atoms with Gasteiger partial charge in [-0.3, -0.25) is 9.69 Å². The van der Waals surface area contributed by atoms with E-state index in [1.54, 1.807) is 0 Å². The fourth-order valence-corrected chi connectivity index (χ4v) is 6.72. The van der Waals surface area contributed by atoms with Gasteiger partial charge in [0.15, 0.2) is 15.6 Å². The fourth-order valence-electron chi connectivity index (χ4n) is 5.02. The largest absolute Gasteiger partial charge is 0.354 e. The minimum Gasteiger partial charge on any atom is -0.354 e. The highest BCUT2D eigenvalue weighted by Gasteiger charge is 2.32. The van der Waals surface area contributed by atoms with Crippen molar-refractivity contribution in [2.75, 3.05) is 49.1 Å². The van der Waals surface area contributed by atoms with E-state index in [1.165, 1.54) is 0 Å². The van der Waals surface area contributed by atoms with E-state index in [0.29, 0.717) is 18.5 Å². The van der Waals surface area contributed by atoms with Crippen LogP contribution in [0.4, 0.5) is 5.82 Å². The Labute approximate surface area is 196 Å². The van der Waals surface area contributed by atoms with Gasteiger partial charge in [-0.25, -0.2) is 18.4 Å². The second kappa shape index (κ2) is 9.18. The monoisotopic (exact) mass is 473 g/mol. The molecule has 33 heavy (non-hydrogen) atoms. The number of carbonyl (C=O) groups is 1. The Bertz CT molecular complexity index is 1150. The molecule has 180 valence electrons. The van der Waals surface area contributed by atoms with Crippen LogP contribution in [0.2, 0.25) is 0 Å². The van der Waals surface area contributed by atoms with E-state index in [2.05, 4.69) is 33.2 Å². The average Bonchev–Trinajstić information content (AvgIpc) is 3.25. The van der Waals surface area contributed by atoms with Crippen molar-refractivity contribution in [3.8, 4) is 0 Å². The normalized spacial score (nSPS) is 21.2. The predicted molar refractivity (Wildman–Crippen MR) is 130 cm³/mol. The molecule has 0 aliphatic carbocycles. The number of rotatable bonds is 6. The number of hydrogen-bond acceptors (Lipinski definition) is 7. The summed E-state index contributed by atoms with van der Waals surface area (Å²) in [5.74, 6) is 2.61. The zero-order chi connectivity index (χ0) is 23.9. The van der Waals surface area contributed by atoms with E-state index in [-0.39, 0.29) is 29.2 Å². The molecular weight excluding hydrogens is 438 g/mol. The summed E-state index contributed by atoms with van der Waals surface area (Å²) < 4.78 is 25.9. The molecule has 0 saturated carbocycles. The number of anilines is 1. The average molecular weight is 474 g/mol. The number of aromatic nitrogens is 3. The first-order valence-electron chi connectivity index (χ1n) is 11.8. The quantitative estimate of drug-likeness (QED) is 0.596. The molecule has 1 atom stereocenters. The highest BCUT2D eigenvalue weighted by molar-refractivity contribution is 7.91. The number of hydrogen-bond donors (Lipinski definition) is 0. The van der Waals surface area contributed by atoms with Gasteiger partial charge >= 0.3 is 0 Å². The number of Topliss-reactive ketones (excluding diaryl/α,β-unsaturated/α-hetero) is 1. The van der Waals surface area contributed by atoms with E-state index >= 15 is 0 Å². The van der Waals surface area contributed by atoms with Crippen LogP contribution in [0.5, 0.6) is 0 Å². The van der Waals surface area contributed by atoms with Crippen LogP contribution in [0.15, 0.2) is 12.1 Å².